The molecule has 0 bridgehead atoms. The molecule has 0 saturated heterocycles. The van der Waals surface area contributed by atoms with Gasteiger partial charge < -0.3 is 4.74 Å². The summed E-state index contributed by atoms with van der Waals surface area (Å²) in [7, 11) is 1.57. The van der Waals surface area contributed by atoms with Crippen LogP contribution in [-0.2, 0) is 13.7 Å². The lowest BCUT2D eigenvalue weighted by atomic mass is 9.96. The van der Waals surface area contributed by atoms with E-state index in [1.54, 1.807) is 19.3 Å². The number of hydrogen-bond donors (Lipinski definition) is 1. The second-order valence-corrected chi connectivity index (χ2v) is 5.51. The van der Waals surface area contributed by atoms with Gasteiger partial charge in [0, 0.05) is 18.7 Å². The van der Waals surface area contributed by atoms with E-state index in [0.717, 1.165) is 11.1 Å². The SMILES string of the molecule is CC(C)c1cccc(-n2nnn(C)c2=O)c1COc1ccn[nH]1. The van der Waals surface area contributed by atoms with Crippen LogP contribution in [0.15, 0.2) is 35.3 Å². The van der Waals surface area contributed by atoms with Gasteiger partial charge in [-0.25, -0.2) is 9.89 Å². The molecular weight excluding hydrogens is 296 g/mol. The number of hydrogen-bond acceptors (Lipinski definition) is 5. The van der Waals surface area contributed by atoms with Crippen LogP contribution in [0, 0.1) is 0 Å². The van der Waals surface area contributed by atoms with Crippen molar-refractivity contribution in [3.05, 3.63) is 52.1 Å². The smallest absolute Gasteiger partial charge is 0.368 e. The summed E-state index contributed by atoms with van der Waals surface area (Å²) in [6.07, 6.45) is 1.62. The van der Waals surface area contributed by atoms with Crippen molar-refractivity contribution in [1.82, 2.24) is 30.0 Å². The topological polar surface area (TPSA) is 90.6 Å². The summed E-state index contributed by atoms with van der Waals surface area (Å²) >= 11 is 0. The molecule has 0 saturated carbocycles. The Bertz CT molecular complexity index is 847. The molecular formula is C15H18N6O2. The van der Waals surface area contributed by atoms with Gasteiger partial charge in [-0.05, 0) is 28.0 Å². The number of rotatable bonds is 5. The molecule has 1 aromatic carbocycles. The van der Waals surface area contributed by atoms with E-state index < -0.39 is 0 Å². The molecule has 0 aliphatic rings. The van der Waals surface area contributed by atoms with Crippen LogP contribution in [0.2, 0.25) is 0 Å². The third-order valence-corrected chi connectivity index (χ3v) is 3.61. The lowest BCUT2D eigenvalue weighted by Gasteiger charge is -2.16. The summed E-state index contributed by atoms with van der Waals surface area (Å²) < 4.78 is 8.23. The predicted molar refractivity (Wildman–Crippen MR) is 83.6 cm³/mol. The van der Waals surface area contributed by atoms with Crippen LogP contribution in [0.25, 0.3) is 5.69 Å². The van der Waals surface area contributed by atoms with Crippen molar-refractivity contribution in [2.75, 3.05) is 0 Å². The molecule has 2 aromatic heterocycles. The number of tetrazole rings is 1. The van der Waals surface area contributed by atoms with Gasteiger partial charge in [0.2, 0.25) is 5.88 Å². The van der Waals surface area contributed by atoms with Crippen molar-refractivity contribution < 1.29 is 4.74 Å². The van der Waals surface area contributed by atoms with Gasteiger partial charge in [-0.1, -0.05) is 26.0 Å². The van der Waals surface area contributed by atoms with Crippen LogP contribution < -0.4 is 10.4 Å². The van der Waals surface area contributed by atoms with Crippen LogP contribution in [-0.4, -0.2) is 30.0 Å². The molecule has 0 aliphatic heterocycles. The van der Waals surface area contributed by atoms with Crippen LogP contribution in [0.4, 0.5) is 0 Å². The zero-order valence-electron chi connectivity index (χ0n) is 13.2. The number of nitrogens with one attached hydrogen (secondary N) is 1. The number of aromatic amines is 1. The highest BCUT2D eigenvalue weighted by Gasteiger charge is 2.17. The predicted octanol–water partition coefficient (Wildman–Crippen LogP) is 1.39. The Hall–Kier alpha value is -2.90. The maximum Gasteiger partial charge on any atom is 0.368 e. The molecule has 0 unspecified atom stereocenters. The highest BCUT2D eigenvalue weighted by molar-refractivity contribution is 5.46. The van der Waals surface area contributed by atoms with Crippen molar-refractivity contribution in [2.45, 2.75) is 26.4 Å². The lowest BCUT2D eigenvalue weighted by Crippen LogP contribution is -2.23. The summed E-state index contributed by atoms with van der Waals surface area (Å²) in [6, 6.07) is 7.52. The molecule has 0 aliphatic carbocycles. The third-order valence-electron chi connectivity index (χ3n) is 3.61. The molecule has 0 amide bonds. The van der Waals surface area contributed by atoms with Gasteiger partial charge in [0.25, 0.3) is 0 Å². The highest BCUT2D eigenvalue weighted by Crippen LogP contribution is 2.25. The Kier molecular flexibility index (Phi) is 3.96. The second kappa shape index (κ2) is 6.07. The molecule has 0 radical (unpaired) electrons. The number of nitrogens with zero attached hydrogens (tertiary/aromatic N) is 5. The maximum atomic E-state index is 12.2. The fourth-order valence-corrected chi connectivity index (χ4v) is 2.43. The van der Waals surface area contributed by atoms with E-state index in [4.69, 9.17) is 4.74 Å². The van der Waals surface area contributed by atoms with Gasteiger partial charge in [-0.2, -0.15) is 14.5 Å². The first-order valence-corrected chi connectivity index (χ1v) is 7.31. The normalized spacial score (nSPS) is 11.1. The van der Waals surface area contributed by atoms with Crippen LogP contribution in [0.3, 0.4) is 0 Å². The van der Waals surface area contributed by atoms with Gasteiger partial charge in [0.1, 0.15) is 6.61 Å². The van der Waals surface area contributed by atoms with E-state index in [9.17, 15) is 4.79 Å². The minimum atomic E-state index is -0.298. The van der Waals surface area contributed by atoms with Crippen LogP contribution in [0.5, 0.6) is 5.88 Å². The van der Waals surface area contributed by atoms with Crippen LogP contribution >= 0.6 is 0 Å². The molecule has 0 atom stereocenters. The van der Waals surface area contributed by atoms with Gasteiger partial charge in [0.05, 0.1) is 11.9 Å². The first kappa shape index (κ1) is 15.0. The van der Waals surface area contributed by atoms with Gasteiger partial charge in [-0.15, -0.1) is 0 Å². The minimum absolute atomic E-state index is 0.280. The van der Waals surface area contributed by atoms with E-state index in [1.165, 1.54) is 9.36 Å². The fourth-order valence-electron chi connectivity index (χ4n) is 2.43. The van der Waals surface area contributed by atoms with Crippen molar-refractivity contribution >= 4 is 0 Å². The van der Waals surface area contributed by atoms with Crippen molar-refractivity contribution in [2.24, 2.45) is 7.05 Å². The summed E-state index contributed by atoms with van der Waals surface area (Å²) in [6.45, 7) is 4.49. The third kappa shape index (κ3) is 2.87. The molecule has 0 fully saturated rings. The zero-order chi connectivity index (χ0) is 16.4. The Morgan fingerprint density at radius 2 is 2.09 bits per heavy atom. The van der Waals surface area contributed by atoms with Crippen molar-refractivity contribution in [1.29, 1.82) is 0 Å². The minimum Gasteiger partial charge on any atom is -0.473 e. The number of H-pyrrole nitrogens is 1. The molecule has 3 rings (SSSR count). The molecule has 3 aromatic rings. The maximum absolute atomic E-state index is 12.2. The summed E-state index contributed by atoms with van der Waals surface area (Å²) in [4.78, 5) is 12.2. The Morgan fingerprint density at radius 1 is 1.26 bits per heavy atom. The molecule has 120 valence electrons. The zero-order valence-corrected chi connectivity index (χ0v) is 13.2. The van der Waals surface area contributed by atoms with E-state index in [0.29, 0.717) is 18.2 Å². The van der Waals surface area contributed by atoms with Gasteiger partial charge >= 0.3 is 5.69 Å². The first-order chi connectivity index (χ1) is 11.1. The molecule has 2 heterocycles. The monoisotopic (exact) mass is 314 g/mol. The lowest BCUT2D eigenvalue weighted by molar-refractivity contribution is 0.291. The van der Waals surface area contributed by atoms with E-state index in [2.05, 4.69) is 34.5 Å². The van der Waals surface area contributed by atoms with E-state index in [-0.39, 0.29) is 11.6 Å². The number of aromatic nitrogens is 6. The molecule has 23 heavy (non-hydrogen) atoms. The fraction of sp³-hybridized carbons (Fsp3) is 0.333. The highest BCUT2D eigenvalue weighted by atomic mass is 16.5. The van der Waals surface area contributed by atoms with E-state index >= 15 is 0 Å². The number of ether oxygens (including phenoxy) is 1. The summed E-state index contributed by atoms with van der Waals surface area (Å²) in [5.41, 5.74) is 2.38. The Labute approximate surface area is 132 Å². The van der Waals surface area contributed by atoms with Crippen molar-refractivity contribution in [3.63, 3.8) is 0 Å². The molecule has 1 N–H and O–H groups in total. The van der Waals surface area contributed by atoms with Gasteiger partial charge in [0.15, 0.2) is 0 Å². The van der Waals surface area contributed by atoms with E-state index in [1.807, 2.05) is 18.2 Å². The largest absolute Gasteiger partial charge is 0.473 e. The molecule has 8 heteroatoms. The Balaban J connectivity index is 2.06. The second-order valence-electron chi connectivity index (χ2n) is 5.51. The molecule has 0 spiro atoms. The van der Waals surface area contributed by atoms with Crippen molar-refractivity contribution in [3.8, 4) is 11.6 Å². The van der Waals surface area contributed by atoms with Crippen LogP contribution in [0.1, 0.15) is 30.9 Å². The first-order valence-electron chi connectivity index (χ1n) is 7.31. The number of aryl methyl sites for hydroxylation is 1. The number of benzene rings is 1. The standard InChI is InChI=1S/C15H18N6O2/c1-10(2)11-5-4-6-13(21-15(22)20(3)18-19-21)12(11)9-23-14-7-8-16-17-14/h4-8,10H,9H2,1-3H3,(H,16,17). The van der Waals surface area contributed by atoms with Gasteiger partial charge in [-0.3, -0.25) is 0 Å². The average molecular weight is 314 g/mol. The summed E-state index contributed by atoms with van der Waals surface area (Å²) in [5.74, 6) is 0.851. The average Bonchev–Trinajstić information content (AvgIpc) is 3.16. The summed E-state index contributed by atoms with van der Waals surface area (Å²) in [5, 5.41) is 14.3. The Morgan fingerprint density at radius 3 is 2.70 bits per heavy atom. The molecule has 8 nitrogen and oxygen atoms in total. The quantitative estimate of drug-likeness (QED) is 0.768.